The van der Waals surface area contributed by atoms with Crippen molar-refractivity contribution in [3.05, 3.63) is 29.3 Å². The van der Waals surface area contributed by atoms with Crippen LogP contribution in [-0.4, -0.2) is 74.0 Å². The molecule has 7 nitrogen and oxygen atoms in total. The molecule has 0 atom stereocenters. The highest BCUT2D eigenvalue weighted by molar-refractivity contribution is 7.99. The lowest BCUT2D eigenvalue weighted by Gasteiger charge is -2.36. The van der Waals surface area contributed by atoms with Crippen molar-refractivity contribution >= 4 is 46.8 Å². The standard InChI is InChI=1S/C18H24ClN3O4S/c1-26-18(25)13-27-10-5-16(23)20-12-17(24)22-8-6-21(7-9-22)15-4-2-3-14(19)11-15/h2-4,11H,5-10,12-13H2,1H3,(H,20,23). The van der Waals surface area contributed by atoms with Crippen molar-refractivity contribution in [3.63, 3.8) is 0 Å². The van der Waals surface area contributed by atoms with E-state index in [-0.39, 0.29) is 36.5 Å². The van der Waals surface area contributed by atoms with Crippen LogP contribution in [0.2, 0.25) is 5.02 Å². The molecule has 0 radical (unpaired) electrons. The number of carbonyl (C=O) groups is 3. The first-order valence-electron chi connectivity index (χ1n) is 8.69. The monoisotopic (exact) mass is 413 g/mol. The molecule has 1 aliphatic heterocycles. The Morgan fingerprint density at radius 1 is 1.22 bits per heavy atom. The highest BCUT2D eigenvalue weighted by Crippen LogP contribution is 2.20. The number of ether oxygens (including phenoxy) is 1. The number of rotatable bonds is 8. The summed E-state index contributed by atoms with van der Waals surface area (Å²) in [7, 11) is 1.33. The number of halogens is 1. The van der Waals surface area contributed by atoms with Crippen LogP contribution in [0.1, 0.15) is 6.42 Å². The predicted molar refractivity (Wildman–Crippen MR) is 107 cm³/mol. The Kier molecular flexibility index (Phi) is 8.74. The second-order valence-electron chi connectivity index (χ2n) is 6.00. The molecule has 1 fully saturated rings. The molecular formula is C18H24ClN3O4S. The molecule has 0 spiro atoms. The van der Waals surface area contributed by atoms with Gasteiger partial charge in [-0.1, -0.05) is 17.7 Å². The predicted octanol–water partition coefficient (Wildman–Crippen LogP) is 1.40. The molecule has 0 aliphatic carbocycles. The fraction of sp³-hybridized carbons (Fsp3) is 0.500. The van der Waals surface area contributed by atoms with Crippen LogP contribution in [0.25, 0.3) is 0 Å². The van der Waals surface area contributed by atoms with Crippen LogP contribution in [0.3, 0.4) is 0 Å². The zero-order valence-electron chi connectivity index (χ0n) is 15.3. The van der Waals surface area contributed by atoms with Gasteiger partial charge in [0.05, 0.1) is 19.4 Å². The lowest BCUT2D eigenvalue weighted by Crippen LogP contribution is -2.51. The number of esters is 1. The summed E-state index contributed by atoms with van der Waals surface area (Å²) in [5.74, 6) is 0.134. The van der Waals surface area contributed by atoms with Crippen molar-refractivity contribution in [2.75, 3.05) is 56.2 Å². The van der Waals surface area contributed by atoms with E-state index in [1.165, 1.54) is 18.9 Å². The highest BCUT2D eigenvalue weighted by atomic mass is 35.5. The molecule has 1 aliphatic rings. The topological polar surface area (TPSA) is 78.9 Å². The third-order valence-electron chi connectivity index (χ3n) is 4.16. The molecule has 0 bridgehead atoms. The summed E-state index contributed by atoms with van der Waals surface area (Å²) in [6, 6.07) is 7.66. The molecule has 0 aromatic heterocycles. The molecule has 1 heterocycles. The van der Waals surface area contributed by atoms with E-state index in [0.29, 0.717) is 23.9 Å². The molecule has 1 aromatic rings. The van der Waals surface area contributed by atoms with Gasteiger partial charge < -0.3 is 19.9 Å². The largest absolute Gasteiger partial charge is 0.468 e. The minimum atomic E-state index is -0.312. The third kappa shape index (κ3) is 7.30. The number of piperazine rings is 1. The molecule has 1 aromatic carbocycles. The summed E-state index contributed by atoms with van der Waals surface area (Å²) in [6.45, 7) is 2.67. The van der Waals surface area contributed by atoms with E-state index in [2.05, 4.69) is 15.0 Å². The van der Waals surface area contributed by atoms with Gasteiger partial charge in [-0.15, -0.1) is 11.8 Å². The van der Waals surface area contributed by atoms with Gasteiger partial charge in [-0.2, -0.15) is 0 Å². The Morgan fingerprint density at radius 2 is 1.96 bits per heavy atom. The Bertz CT molecular complexity index is 666. The minimum Gasteiger partial charge on any atom is -0.468 e. The number of carbonyl (C=O) groups excluding carboxylic acids is 3. The van der Waals surface area contributed by atoms with Crippen molar-refractivity contribution in [1.82, 2.24) is 10.2 Å². The van der Waals surface area contributed by atoms with Gasteiger partial charge in [0.1, 0.15) is 0 Å². The quantitative estimate of drug-likeness (QED) is 0.512. The van der Waals surface area contributed by atoms with Crippen molar-refractivity contribution < 1.29 is 19.1 Å². The molecule has 0 unspecified atom stereocenters. The summed E-state index contributed by atoms with van der Waals surface area (Å²) in [5, 5.41) is 3.33. The van der Waals surface area contributed by atoms with Crippen LogP contribution in [0.4, 0.5) is 5.69 Å². The minimum absolute atomic E-state index is 0.00231. The number of hydrogen-bond donors (Lipinski definition) is 1. The van der Waals surface area contributed by atoms with E-state index < -0.39 is 0 Å². The second kappa shape index (κ2) is 11.0. The van der Waals surface area contributed by atoms with Gasteiger partial charge in [0.25, 0.3) is 0 Å². The van der Waals surface area contributed by atoms with E-state index >= 15 is 0 Å². The van der Waals surface area contributed by atoms with Crippen LogP contribution >= 0.6 is 23.4 Å². The maximum absolute atomic E-state index is 12.3. The van der Waals surface area contributed by atoms with Gasteiger partial charge in [0, 0.05) is 49.1 Å². The second-order valence-corrected chi connectivity index (χ2v) is 7.54. The van der Waals surface area contributed by atoms with Crippen LogP contribution in [0.5, 0.6) is 0 Å². The molecule has 1 N–H and O–H groups in total. The maximum Gasteiger partial charge on any atom is 0.315 e. The molecule has 2 amide bonds. The van der Waals surface area contributed by atoms with Crippen molar-refractivity contribution in [2.45, 2.75) is 6.42 Å². The fourth-order valence-electron chi connectivity index (χ4n) is 2.64. The first-order valence-corrected chi connectivity index (χ1v) is 10.2. The van der Waals surface area contributed by atoms with Crippen LogP contribution in [0, 0.1) is 0 Å². The fourth-order valence-corrected chi connectivity index (χ4v) is 3.58. The number of anilines is 1. The molecule has 1 saturated heterocycles. The van der Waals surface area contributed by atoms with E-state index in [0.717, 1.165) is 18.8 Å². The number of amides is 2. The first kappa shape index (κ1) is 21.4. The van der Waals surface area contributed by atoms with Gasteiger partial charge in [-0.3, -0.25) is 14.4 Å². The SMILES string of the molecule is COC(=O)CSCCC(=O)NCC(=O)N1CCN(c2cccc(Cl)c2)CC1. The van der Waals surface area contributed by atoms with Crippen molar-refractivity contribution in [1.29, 1.82) is 0 Å². The number of hydrogen-bond acceptors (Lipinski definition) is 6. The van der Waals surface area contributed by atoms with Gasteiger partial charge in [-0.25, -0.2) is 0 Å². The number of nitrogens with zero attached hydrogens (tertiary/aromatic N) is 2. The first-order chi connectivity index (χ1) is 13.0. The lowest BCUT2D eigenvalue weighted by molar-refractivity contribution is -0.137. The number of nitrogens with one attached hydrogen (secondary N) is 1. The van der Waals surface area contributed by atoms with Gasteiger partial charge in [-0.05, 0) is 18.2 Å². The van der Waals surface area contributed by atoms with Crippen LogP contribution in [-0.2, 0) is 19.1 Å². The summed E-state index contributed by atoms with van der Waals surface area (Å²) < 4.78 is 4.52. The van der Waals surface area contributed by atoms with E-state index in [1.807, 2.05) is 24.3 Å². The van der Waals surface area contributed by atoms with Crippen LogP contribution in [0.15, 0.2) is 24.3 Å². The molecule has 2 rings (SSSR count). The number of methoxy groups -OCH3 is 1. The Hall–Kier alpha value is -1.93. The van der Waals surface area contributed by atoms with Crippen molar-refractivity contribution in [3.8, 4) is 0 Å². The van der Waals surface area contributed by atoms with Gasteiger partial charge >= 0.3 is 5.97 Å². The van der Waals surface area contributed by atoms with E-state index in [9.17, 15) is 14.4 Å². The van der Waals surface area contributed by atoms with Crippen LogP contribution < -0.4 is 10.2 Å². The highest BCUT2D eigenvalue weighted by Gasteiger charge is 2.21. The zero-order chi connectivity index (χ0) is 19.6. The Balaban J connectivity index is 1.64. The molecule has 148 valence electrons. The van der Waals surface area contributed by atoms with E-state index in [1.54, 1.807) is 4.90 Å². The zero-order valence-corrected chi connectivity index (χ0v) is 16.9. The normalized spacial score (nSPS) is 14.0. The average molecular weight is 414 g/mol. The molecular weight excluding hydrogens is 390 g/mol. The summed E-state index contributed by atoms with van der Waals surface area (Å²) in [4.78, 5) is 39.0. The third-order valence-corrected chi connectivity index (χ3v) is 5.33. The molecule has 0 saturated carbocycles. The average Bonchev–Trinajstić information content (AvgIpc) is 2.69. The summed E-state index contributed by atoms with van der Waals surface area (Å²) in [5.41, 5.74) is 1.05. The van der Waals surface area contributed by atoms with E-state index in [4.69, 9.17) is 11.6 Å². The lowest BCUT2D eigenvalue weighted by atomic mass is 10.2. The molecule has 9 heteroatoms. The smallest absolute Gasteiger partial charge is 0.315 e. The number of benzene rings is 1. The number of thioether (sulfide) groups is 1. The van der Waals surface area contributed by atoms with Gasteiger partial charge in [0.2, 0.25) is 11.8 Å². The summed E-state index contributed by atoms with van der Waals surface area (Å²) in [6.07, 6.45) is 0.261. The molecule has 27 heavy (non-hydrogen) atoms. The Morgan fingerprint density at radius 3 is 2.63 bits per heavy atom. The van der Waals surface area contributed by atoms with Gasteiger partial charge in [0.15, 0.2) is 0 Å². The van der Waals surface area contributed by atoms with Crippen molar-refractivity contribution in [2.24, 2.45) is 0 Å². The summed E-state index contributed by atoms with van der Waals surface area (Å²) >= 11 is 7.36. The maximum atomic E-state index is 12.3. The Labute approximate surface area is 168 Å².